The lowest BCUT2D eigenvalue weighted by Gasteiger charge is -2.08. The lowest BCUT2D eigenvalue weighted by molar-refractivity contribution is 0.0692. The van der Waals surface area contributed by atoms with Crippen LogP contribution in [0.4, 0.5) is 0 Å². The van der Waals surface area contributed by atoms with Gasteiger partial charge in [0.25, 0.3) is 0 Å². The molecule has 19 heavy (non-hydrogen) atoms. The van der Waals surface area contributed by atoms with Crippen LogP contribution in [-0.2, 0) is 0 Å². The molecule has 3 rings (SSSR count). The summed E-state index contributed by atoms with van der Waals surface area (Å²) >= 11 is 1.55. The topological polar surface area (TPSA) is 75.2 Å². The highest BCUT2D eigenvalue weighted by Gasteiger charge is 2.20. The van der Waals surface area contributed by atoms with E-state index in [1.54, 1.807) is 30.6 Å². The van der Waals surface area contributed by atoms with E-state index >= 15 is 0 Å². The van der Waals surface area contributed by atoms with Crippen molar-refractivity contribution >= 4 is 28.2 Å². The van der Waals surface area contributed by atoms with Crippen LogP contribution in [0, 0.1) is 0 Å². The first kappa shape index (κ1) is 11.7. The molecule has 0 unspecified atom stereocenters. The van der Waals surface area contributed by atoms with Gasteiger partial charge >= 0.3 is 5.97 Å². The van der Waals surface area contributed by atoms with Gasteiger partial charge in [0, 0.05) is 10.9 Å². The summed E-state index contributed by atoms with van der Waals surface area (Å²) in [6, 6.07) is 5.50. The Bertz CT molecular complexity index is 747. The van der Waals surface area contributed by atoms with E-state index in [1.807, 2.05) is 16.8 Å². The van der Waals surface area contributed by atoms with Gasteiger partial charge in [0.05, 0.1) is 12.6 Å². The summed E-state index contributed by atoms with van der Waals surface area (Å²) in [6.45, 7) is 0. The SMILES string of the molecule is COc1ccc2[nH]nc(C(=O)O)c2c1-c1ccsc1. The number of H-pyrrole nitrogens is 1. The molecule has 0 atom stereocenters. The monoisotopic (exact) mass is 274 g/mol. The molecule has 1 aromatic carbocycles. The molecule has 0 aliphatic rings. The van der Waals surface area contributed by atoms with Gasteiger partial charge in [-0.1, -0.05) is 0 Å². The minimum absolute atomic E-state index is 0.00935. The van der Waals surface area contributed by atoms with Gasteiger partial charge in [-0.05, 0) is 34.5 Å². The number of nitrogens with one attached hydrogen (secondary N) is 1. The minimum Gasteiger partial charge on any atom is -0.496 e. The first-order valence-corrected chi connectivity index (χ1v) is 6.47. The molecule has 3 aromatic rings. The van der Waals surface area contributed by atoms with Crippen molar-refractivity contribution in [2.45, 2.75) is 0 Å². The van der Waals surface area contributed by atoms with E-state index in [1.165, 1.54) is 0 Å². The summed E-state index contributed by atoms with van der Waals surface area (Å²) in [5, 5.41) is 20.3. The van der Waals surface area contributed by atoms with Gasteiger partial charge in [0.1, 0.15) is 5.75 Å². The zero-order chi connectivity index (χ0) is 13.4. The molecule has 6 heteroatoms. The summed E-state index contributed by atoms with van der Waals surface area (Å²) in [5.41, 5.74) is 2.37. The fourth-order valence-corrected chi connectivity index (χ4v) is 2.76. The molecule has 96 valence electrons. The highest BCUT2D eigenvalue weighted by Crippen LogP contribution is 2.38. The van der Waals surface area contributed by atoms with E-state index in [4.69, 9.17) is 4.74 Å². The van der Waals surface area contributed by atoms with Crippen molar-refractivity contribution in [1.82, 2.24) is 10.2 Å². The molecule has 0 amide bonds. The van der Waals surface area contributed by atoms with Crippen molar-refractivity contribution in [2.24, 2.45) is 0 Å². The number of hydrogen-bond acceptors (Lipinski definition) is 4. The fourth-order valence-electron chi connectivity index (χ4n) is 2.11. The van der Waals surface area contributed by atoms with Gasteiger partial charge in [-0.2, -0.15) is 16.4 Å². The van der Waals surface area contributed by atoms with E-state index in [9.17, 15) is 9.90 Å². The molecule has 0 aliphatic carbocycles. The molecule has 2 heterocycles. The largest absolute Gasteiger partial charge is 0.496 e. The number of nitrogens with zero attached hydrogens (tertiary/aromatic N) is 1. The summed E-state index contributed by atoms with van der Waals surface area (Å²) < 4.78 is 5.35. The molecule has 0 radical (unpaired) electrons. The molecule has 0 spiro atoms. The first-order chi connectivity index (χ1) is 9.22. The normalized spacial score (nSPS) is 10.8. The zero-order valence-electron chi connectivity index (χ0n) is 10.0. The number of carboxylic acid groups (broad SMARTS) is 1. The van der Waals surface area contributed by atoms with E-state index in [0.29, 0.717) is 16.7 Å². The number of aromatic carboxylic acids is 1. The molecule has 0 aliphatic heterocycles. The van der Waals surface area contributed by atoms with Gasteiger partial charge in [-0.3, -0.25) is 5.10 Å². The van der Waals surface area contributed by atoms with Gasteiger partial charge in [0.2, 0.25) is 0 Å². The standard InChI is InChI=1S/C13H10N2O3S/c1-18-9-3-2-8-11(12(13(16)17)15-14-8)10(9)7-4-5-19-6-7/h2-6H,1H3,(H,14,15)(H,16,17). The van der Waals surface area contributed by atoms with Crippen molar-refractivity contribution in [3.05, 3.63) is 34.7 Å². The number of aromatic nitrogens is 2. The van der Waals surface area contributed by atoms with Crippen molar-refractivity contribution in [2.75, 3.05) is 7.11 Å². The van der Waals surface area contributed by atoms with Crippen molar-refractivity contribution in [3.63, 3.8) is 0 Å². The maximum Gasteiger partial charge on any atom is 0.357 e. The molecule has 0 saturated heterocycles. The number of carbonyl (C=O) groups is 1. The predicted molar refractivity (Wildman–Crippen MR) is 72.9 cm³/mol. The van der Waals surface area contributed by atoms with Gasteiger partial charge < -0.3 is 9.84 Å². The molecule has 5 nitrogen and oxygen atoms in total. The van der Waals surface area contributed by atoms with E-state index in [2.05, 4.69) is 10.2 Å². The van der Waals surface area contributed by atoms with E-state index < -0.39 is 5.97 Å². The smallest absolute Gasteiger partial charge is 0.357 e. The number of carboxylic acids is 1. The average molecular weight is 274 g/mol. The second-order valence-electron chi connectivity index (χ2n) is 3.95. The van der Waals surface area contributed by atoms with Crippen LogP contribution < -0.4 is 4.74 Å². The van der Waals surface area contributed by atoms with Crippen molar-refractivity contribution in [1.29, 1.82) is 0 Å². The third-order valence-electron chi connectivity index (χ3n) is 2.92. The van der Waals surface area contributed by atoms with Crippen LogP contribution in [0.1, 0.15) is 10.5 Å². The highest BCUT2D eigenvalue weighted by molar-refractivity contribution is 7.08. The molecule has 0 fully saturated rings. The van der Waals surface area contributed by atoms with E-state index in [-0.39, 0.29) is 5.69 Å². The Morgan fingerprint density at radius 3 is 2.89 bits per heavy atom. The summed E-state index contributed by atoms with van der Waals surface area (Å²) in [6.07, 6.45) is 0. The lowest BCUT2D eigenvalue weighted by Crippen LogP contribution is -1.98. The number of methoxy groups -OCH3 is 1. The molecule has 0 bridgehead atoms. The van der Waals surface area contributed by atoms with Crippen LogP contribution in [-0.4, -0.2) is 28.4 Å². The van der Waals surface area contributed by atoms with Crippen molar-refractivity contribution in [3.8, 4) is 16.9 Å². The van der Waals surface area contributed by atoms with Crippen LogP contribution in [0.25, 0.3) is 22.0 Å². The highest BCUT2D eigenvalue weighted by atomic mass is 32.1. The molecule has 0 saturated carbocycles. The van der Waals surface area contributed by atoms with Crippen molar-refractivity contribution < 1.29 is 14.6 Å². The second-order valence-corrected chi connectivity index (χ2v) is 4.73. The van der Waals surface area contributed by atoms with Crippen LogP contribution in [0.5, 0.6) is 5.75 Å². The fraction of sp³-hybridized carbons (Fsp3) is 0.0769. The third kappa shape index (κ3) is 1.77. The van der Waals surface area contributed by atoms with Crippen LogP contribution in [0.3, 0.4) is 0 Å². The number of aromatic amines is 1. The number of benzene rings is 1. The summed E-state index contributed by atoms with van der Waals surface area (Å²) in [5.74, 6) is -0.425. The minimum atomic E-state index is -1.06. The van der Waals surface area contributed by atoms with Crippen LogP contribution >= 0.6 is 11.3 Å². The lowest BCUT2D eigenvalue weighted by atomic mass is 10.0. The predicted octanol–water partition coefficient (Wildman–Crippen LogP) is 3.00. The number of thiophene rings is 1. The molecule has 2 aromatic heterocycles. The van der Waals surface area contributed by atoms with E-state index in [0.717, 1.165) is 11.1 Å². The number of hydrogen-bond donors (Lipinski definition) is 2. The Hall–Kier alpha value is -2.34. The van der Waals surface area contributed by atoms with Crippen LogP contribution in [0.2, 0.25) is 0 Å². The molecule has 2 N–H and O–H groups in total. The average Bonchev–Trinajstić information content (AvgIpc) is 3.06. The number of rotatable bonds is 3. The Balaban J connectivity index is 2.43. The zero-order valence-corrected chi connectivity index (χ0v) is 10.8. The quantitative estimate of drug-likeness (QED) is 0.769. The first-order valence-electron chi connectivity index (χ1n) is 5.53. The van der Waals surface area contributed by atoms with Gasteiger partial charge in [0.15, 0.2) is 5.69 Å². The maximum atomic E-state index is 11.3. The van der Waals surface area contributed by atoms with Crippen LogP contribution in [0.15, 0.2) is 29.0 Å². The van der Waals surface area contributed by atoms with Gasteiger partial charge in [-0.25, -0.2) is 4.79 Å². The Labute approximate surface area is 112 Å². The molecular weight excluding hydrogens is 264 g/mol. The Morgan fingerprint density at radius 1 is 1.42 bits per heavy atom. The maximum absolute atomic E-state index is 11.3. The third-order valence-corrected chi connectivity index (χ3v) is 3.61. The summed E-state index contributed by atoms with van der Waals surface area (Å²) in [4.78, 5) is 11.3. The number of ether oxygens (including phenoxy) is 1. The molecular formula is C13H10N2O3S. The Kier molecular flexibility index (Phi) is 2.72. The number of fused-ring (bicyclic) bond motifs is 1. The second kappa shape index (κ2) is 4.40. The summed E-state index contributed by atoms with van der Waals surface area (Å²) in [7, 11) is 1.57. The Morgan fingerprint density at radius 2 is 2.26 bits per heavy atom. The van der Waals surface area contributed by atoms with Gasteiger partial charge in [-0.15, -0.1) is 0 Å².